The van der Waals surface area contributed by atoms with Gasteiger partial charge in [0.1, 0.15) is 11.6 Å². The average molecular weight is 926 g/mol. The van der Waals surface area contributed by atoms with E-state index in [1.807, 2.05) is 0 Å². The highest BCUT2D eigenvalue weighted by atomic mass is 19.1. The van der Waals surface area contributed by atoms with Crippen molar-refractivity contribution in [2.75, 3.05) is 6.79 Å². The van der Waals surface area contributed by atoms with Crippen molar-refractivity contribution in [3.63, 3.8) is 0 Å². The number of benzene rings is 6. The van der Waals surface area contributed by atoms with Gasteiger partial charge in [-0.15, -0.1) is 0 Å². The predicted molar refractivity (Wildman–Crippen MR) is 294 cm³/mol. The number of halogens is 1. The number of hydrogen-bond donors (Lipinski definition) is 0. The first-order valence-electron chi connectivity index (χ1n) is 25.5. The zero-order valence-corrected chi connectivity index (χ0v) is 45.6. The van der Waals surface area contributed by atoms with Gasteiger partial charge in [-0.25, -0.2) is 4.39 Å². The van der Waals surface area contributed by atoms with Gasteiger partial charge in [0.05, 0.1) is 16.7 Å². The molecule has 69 heavy (non-hydrogen) atoms. The van der Waals surface area contributed by atoms with Gasteiger partial charge in [0, 0.05) is 21.9 Å². The van der Waals surface area contributed by atoms with Gasteiger partial charge < -0.3 is 14.0 Å². The third-order valence-corrected chi connectivity index (χ3v) is 14.3. The van der Waals surface area contributed by atoms with Crippen LogP contribution in [-0.4, -0.2) is 11.4 Å². The molecule has 0 aliphatic carbocycles. The third kappa shape index (κ3) is 10.2. The van der Waals surface area contributed by atoms with Crippen LogP contribution in [0.4, 0.5) is 4.39 Å². The molecule has 8 rings (SSSR count). The van der Waals surface area contributed by atoms with Crippen molar-refractivity contribution in [3.05, 3.63) is 136 Å². The fourth-order valence-electron chi connectivity index (χ4n) is 10.7. The zero-order chi connectivity index (χ0) is 50.6. The number of rotatable bonds is 7. The lowest BCUT2D eigenvalue weighted by atomic mass is 9.71. The Bertz CT molecular complexity index is 2910. The lowest BCUT2D eigenvalue weighted by molar-refractivity contribution is 0.123. The molecule has 3 nitrogen and oxygen atoms in total. The van der Waals surface area contributed by atoms with E-state index < -0.39 is 0 Å². The average Bonchev–Trinajstić information content (AvgIpc) is 3.41. The Morgan fingerprint density at radius 3 is 1.33 bits per heavy atom. The van der Waals surface area contributed by atoms with E-state index >= 15 is 4.39 Å². The van der Waals surface area contributed by atoms with Crippen molar-refractivity contribution < 1.29 is 13.9 Å². The highest BCUT2D eigenvalue weighted by Crippen LogP contribution is 2.50. The van der Waals surface area contributed by atoms with Gasteiger partial charge in [-0.3, -0.25) is 0 Å². The summed E-state index contributed by atoms with van der Waals surface area (Å²) in [5.74, 6) is 1.43. The molecule has 0 bridgehead atoms. The topological polar surface area (TPSA) is 23.4 Å². The van der Waals surface area contributed by atoms with Crippen LogP contribution in [0, 0.1) is 17.2 Å². The SMILES string of the molecule is CC(C)Cc1cc(F)cc2c1OCOc1c-2cc(C(C)(C)CC(C)(C)C)cc1-n1c2cc(-c3cc(C(C)(C)C)cc(C(C)(C)C)c3)ccc2c2ccc(-c3cc(C(C)(C)C)cc(C(C)(C)C)c3)cc21. The third-order valence-electron chi connectivity index (χ3n) is 14.3. The van der Waals surface area contributed by atoms with Crippen molar-refractivity contribution in [2.24, 2.45) is 11.3 Å². The maximum absolute atomic E-state index is 16.1. The van der Waals surface area contributed by atoms with Crippen LogP contribution < -0.4 is 9.47 Å². The summed E-state index contributed by atoms with van der Waals surface area (Å²) >= 11 is 0. The molecule has 0 unspecified atom stereocenters. The van der Waals surface area contributed by atoms with Crippen LogP contribution in [0.25, 0.3) is 60.9 Å². The van der Waals surface area contributed by atoms with E-state index in [1.54, 1.807) is 12.1 Å². The standard InChI is InChI=1S/C65H80FNO2/c1-39(2)24-44-29-50(66)36-54-53-34-49(65(18,19)37-60(3,4)5)35-57(59(53)69-38-68-58(44)54)67-55-30-40(42-25-45(61(6,7)8)32-46(26-42)62(9,10)11)20-22-51(55)52-23-21-41(31-56(52)67)43-27-47(63(12,13)14)33-48(28-43)64(15,16)17/h20-23,25-36,39H,24,37-38H2,1-19H3. The second-order valence-electron chi connectivity index (χ2n) is 26.8. The van der Waals surface area contributed by atoms with Crippen LogP contribution in [0.1, 0.15) is 171 Å². The molecule has 0 spiro atoms. The van der Waals surface area contributed by atoms with E-state index in [9.17, 15) is 0 Å². The lowest BCUT2D eigenvalue weighted by Crippen LogP contribution is -2.25. The van der Waals surface area contributed by atoms with Gasteiger partial charge >= 0.3 is 0 Å². The van der Waals surface area contributed by atoms with E-state index in [0.29, 0.717) is 23.8 Å². The van der Waals surface area contributed by atoms with Gasteiger partial charge in [-0.05, 0) is 143 Å². The molecule has 364 valence electrons. The summed E-state index contributed by atoms with van der Waals surface area (Å²) in [6.45, 7) is 43.6. The van der Waals surface area contributed by atoms with Gasteiger partial charge in [-0.1, -0.05) is 192 Å². The Balaban J connectivity index is 1.53. The summed E-state index contributed by atoms with van der Waals surface area (Å²) in [7, 11) is 0. The fraction of sp³-hybridized carbons (Fsp3) is 0.446. The molecule has 2 heterocycles. The van der Waals surface area contributed by atoms with Crippen LogP contribution >= 0.6 is 0 Å². The molecule has 4 heteroatoms. The van der Waals surface area contributed by atoms with Crippen LogP contribution in [0.15, 0.2) is 97.1 Å². The minimum Gasteiger partial charge on any atom is -0.457 e. The van der Waals surface area contributed by atoms with E-state index in [1.165, 1.54) is 38.9 Å². The number of hydrogen-bond acceptors (Lipinski definition) is 2. The monoisotopic (exact) mass is 926 g/mol. The van der Waals surface area contributed by atoms with Crippen LogP contribution in [0.3, 0.4) is 0 Å². The maximum atomic E-state index is 16.1. The Hall–Kier alpha value is -5.35. The smallest absolute Gasteiger partial charge is 0.231 e. The quantitative estimate of drug-likeness (QED) is 0.159. The molecule has 0 atom stereocenters. The Morgan fingerprint density at radius 1 is 0.478 bits per heavy atom. The van der Waals surface area contributed by atoms with Crippen molar-refractivity contribution >= 4 is 21.8 Å². The van der Waals surface area contributed by atoms with E-state index in [-0.39, 0.29) is 45.1 Å². The van der Waals surface area contributed by atoms with Crippen LogP contribution in [0.5, 0.6) is 11.5 Å². The molecular formula is C65H80FNO2. The fourth-order valence-corrected chi connectivity index (χ4v) is 10.7. The first-order valence-corrected chi connectivity index (χ1v) is 25.5. The highest BCUT2D eigenvalue weighted by Gasteiger charge is 2.33. The Labute approximate surface area is 414 Å². The summed E-state index contributed by atoms with van der Waals surface area (Å²) in [6.07, 6.45) is 1.63. The summed E-state index contributed by atoms with van der Waals surface area (Å²) < 4.78 is 32.1. The molecule has 0 radical (unpaired) electrons. The number of fused-ring (bicyclic) bond motifs is 6. The second kappa shape index (κ2) is 17.2. The summed E-state index contributed by atoms with van der Waals surface area (Å²) in [4.78, 5) is 0. The molecular weight excluding hydrogens is 846 g/mol. The van der Waals surface area contributed by atoms with Gasteiger partial charge in [0.15, 0.2) is 5.75 Å². The molecule has 1 aromatic heterocycles. The molecule has 0 fully saturated rings. The van der Waals surface area contributed by atoms with Crippen LogP contribution in [0.2, 0.25) is 0 Å². The second-order valence-corrected chi connectivity index (χ2v) is 26.8. The minimum absolute atomic E-state index is 0.00639. The number of ether oxygens (including phenoxy) is 2. The molecule has 0 saturated carbocycles. The van der Waals surface area contributed by atoms with E-state index in [2.05, 4.69) is 221 Å². The van der Waals surface area contributed by atoms with Gasteiger partial charge in [-0.2, -0.15) is 0 Å². The predicted octanol–water partition coefficient (Wildman–Crippen LogP) is 18.8. The van der Waals surface area contributed by atoms with Crippen LogP contribution in [-0.2, 0) is 33.5 Å². The molecule has 1 aliphatic heterocycles. The first-order chi connectivity index (χ1) is 31.8. The molecule has 0 N–H and O–H groups in total. The summed E-state index contributed by atoms with van der Waals surface area (Å²) in [5, 5.41) is 2.32. The zero-order valence-electron chi connectivity index (χ0n) is 45.6. The number of aromatic nitrogens is 1. The molecule has 6 aromatic carbocycles. The normalized spacial score (nSPS) is 13.9. The van der Waals surface area contributed by atoms with Crippen molar-refractivity contribution in [3.8, 4) is 50.6 Å². The van der Waals surface area contributed by atoms with Gasteiger partial charge in [0.2, 0.25) is 6.79 Å². The molecule has 0 amide bonds. The van der Waals surface area contributed by atoms with Crippen molar-refractivity contribution in [2.45, 2.75) is 171 Å². The van der Waals surface area contributed by atoms with Crippen molar-refractivity contribution in [1.82, 2.24) is 4.57 Å². The molecule has 7 aromatic rings. The minimum atomic E-state index is -0.271. The summed E-state index contributed by atoms with van der Waals surface area (Å²) in [6, 6.07) is 36.3. The van der Waals surface area contributed by atoms with E-state index in [4.69, 9.17) is 9.47 Å². The van der Waals surface area contributed by atoms with Gasteiger partial charge in [0.25, 0.3) is 0 Å². The first kappa shape index (κ1) is 50.1. The van der Waals surface area contributed by atoms with Crippen molar-refractivity contribution in [1.29, 1.82) is 0 Å². The molecule has 0 saturated heterocycles. The number of nitrogens with zero attached hydrogens (tertiary/aromatic N) is 1. The highest BCUT2D eigenvalue weighted by molar-refractivity contribution is 6.11. The van der Waals surface area contributed by atoms with E-state index in [0.717, 1.165) is 61.7 Å². The Kier molecular flexibility index (Phi) is 12.5. The largest absolute Gasteiger partial charge is 0.457 e. The maximum Gasteiger partial charge on any atom is 0.231 e. The lowest BCUT2D eigenvalue weighted by Gasteiger charge is -2.34. The summed E-state index contributed by atoms with van der Waals surface area (Å²) in [5.41, 5.74) is 16.3. The molecule has 1 aliphatic rings. The Morgan fingerprint density at radius 2 is 0.913 bits per heavy atom.